The number of halogens is 2. The lowest BCUT2D eigenvalue weighted by molar-refractivity contribution is 0.274. The van der Waals surface area contributed by atoms with Gasteiger partial charge >= 0.3 is 0 Å². The Morgan fingerprint density at radius 3 is 2.40 bits per heavy atom. The maximum atomic E-state index is 13.2. The minimum atomic E-state index is -0.197. The second-order valence-electron chi connectivity index (χ2n) is 5.66. The molecule has 1 heterocycles. The third-order valence-corrected chi connectivity index (χ3v) is 4.87. The van der Waals surface area contributed by atoms with Crippen molar-refractivity contribution in [3.05, 3.63) is 69.4 Å². The molecule has 104 valence electrons. The van der Waals surface area contributed by atoms with Crippen molar-refractivity contribution in [3.8, 4) is 0 Å². The van der Waals surface area contributed by atoms with Gasteiger partial charge in [-0.3, -0.25) is 0 Å². The van der Waals surface area contributed by atoms with Crippen LogP contribution in [0, 0.1) is 12.7 Å². The molecule has 0 radical (unpaired) electrons. The van der Waals surface area contributed by atoms with Crippen LogP contribution in [-0.4, -0.2) is 13.1 Å². The number of aryl methyl sites for hydroxylation is 1. The van der Waals surface area contributed by atoms with Gasteiger partial charge in [-0.15, -0.1) is 0 Å². The standard InChI is InChI=1S/C17H17BrFN/c1-12-2-5-14(6-3-12)17(10-20-11-17)9-13-4-7-15(19)8-16(13)18/h2-8,20H,9-11H2,1H3. The van der Waals surface area contributed by atoms with E-state index in [-0.39, 0.29) is 11.2 Å². The summed E-state index contributed by atoms with van der Waals surface area (Å²) < 4.78 is 14.1. The highest BCUT2D eigenvalue weighted by molar-refractivity contribution is 9.10. The van der Waals surface area contributed by atoms with Crippen LogP contribution in [0.2, 0.25) is 0 Å². The molecule has 1 aliphatic rings. The number of nitrogens with one attached hydrogen (secondary N) is 1. The van der Waals surface area contributed by atoms with E-state index in [2.05, 4.69) is 52.4 Å². The summed E-state index contributed by atoms with van der Waals surface area (Å²) in [6.07, 6.45) is 0.921. The Labute approximate surface area is 127 Å². The first kappa shape index (κ1) is 13.8. The van der Waals surface area contributed by atoms with Crippen LogP contribution in [-0.2, 0) is 11.8 Å². The predicted octanol–water partition coefficient (Wildman–Crippen LogP) is 3.98. The molecule has 1 saturated heterocycles. The van der Waals surface area contributed by atoms with E-state index in [0.29, 0.717) is 0 Å². The topological polar surface area (TPSA) is 12.0 Å². The number of benzene rings is 2. The van der Waals surface area contributed by atoms with Crippen molar-refractivity contribution >= 4 is 15.9 Å². The molecule has 20 heavy (non-hydrogen) atoms. The van der Waals surface area contributed by atoms with Gasteiger partial charge in [0.05, 0.1) is 0 Å². The molecule has 0 spiro atoms. The largest absolute Gasteiger partial charge is 0.315 e. The Hall–Kier alpha value is -1.19. The molecule has 0 amide bonds. The minimum absolute atomic E-state index is 0.133. The normalized spacial score (nSPS) is 16.8. The molecule has 1 aliphatic heterocycles. The first-order valence-electron chi connectivity index (χ1n) is 6.81. The fraction of sp³-hybridized carbons (Fsp3) is 0.294. The fourth-order valence-electron chi connectivity index (χ4n) is 2.79. The van der Waals surface area contributed by atoms with E-state index in [4.69, 9.17) is 0 Å². The molecule has 1 fully saturated rings. The molecule has 0 aliphatic carbocycles. The lowest BCUT2D eigenvalue weighted by Gasteiger charge is -2.43. The Kier molecular flexibility index (Phi) is 3.65. The van der Waals surface area contributed by atoms with Crippen LogP contribution in [0.15, 0.2) is 46.9 Å². The molecule has 1 N–H and O–H groups in total. The second-order valence-corrected chi connectivity index (χ2v) is 6.52. The van der Waals surface area contributed by atoms with Crippen LogP contribution in [0.25, 0.3) is 0 Å². The zero-order valence-electron chi connectivity index (χ0n) is 11.4. The summed E-state index contributed by atoms with van der Waals surface area (Å²) >= 11 is 3.48. The molecule has 0 unspecified atom stereocenters. The molecule has 0 aromatic heterocycles. The molecule has 2 aromatic rings. The average molecular weight is 334 g/mol. The molecule has 2 aromatic carbocycles. The quantitative estimate of drug-likeness (QED) is 0.895. The van der Waals surface area contributed by atoms with E-state index in [1.165, 1.54) is 17.2 Å². The van der Waals surface area contributed by atoms with E-state index >= 15 is 0 Å². The van der Waals surface area contributed by atoms with Crippen molar-refractivity contribution in [2.45, 2.75) is 18.8 Å². The summed E-state index contributed by atoms with van der Waals surface area (Å²) in [5, 5.41) is 3.38. The molecular formula is C17H17BrFN. The van der Waals surface area contributed by atoms with E-state index < -0.39 is 0 Å². The molecule has 0 saturated carbocycles. The highest BCUT2D eigenvalue weighted by Crippen LogP contribution is 2.34. The molecule has 1 nitrogen and oxygen atoms in total. The van der Waals surface area contributed by atoms with Crippen molar-refractivity contribution in [2.24, 2.45) is 0 Å². The number of rotatable bonds is 3. The summed E-state index contributed by atoms with van der Waals surface area (Å²) in [5.74, 6) is -0.197. The molecule has 3 rings (SSSR count). The van der Waals surface area contributed by atoms with Crippen molar-refractivity contribution < 1.29 is 4.39 Å². The zero-order chi connectivity index (χ0) is 14.2. The second kappa shape index (κ2) is 5.30. The lowest BCUT2D eigenvalue weighted by Crippen LogP contribution is -2.58. The number of hydrogen-bond acceptors (Lipinski definition) is 1. The van der Waals surface area contributed by atoms with Gasteiger partial charge in [-0.2, -0.15) is 0 Å². The van der Waals surface area contributed by atoms with Gasteiger partial charge in [-0.25, -0.2) is 4.39 Å². The zero-order valence-corrected chi connectivity index (χ0v) is 13.0. The summed E-state index contributed by atoms with van der Waals surface area (Å²) in [4.78, 5) is 0. The smallest absolute Gasteiger partial charge is 0.124 e. The number of hydrogen-bond donors (Lipinski definition) is 1. The highest BCUT2D eigenvalue weighted by Gasteiger charge is 2.38. The van der Waals surface area contributed by atoms with Crippen LogP contribution in [0.5, 0.6) is 0 Å². The van der Waals surface area contributed by atoms with Gasteiger partial charge in [0.15, 0.2) is 0 Å². The minimum Gasteiger partial charge on any atom is -0.315 e. The Morgan fingerprint density at radius 1 is 1.15 bits per heavy atom. The highest BCUT2D eigenvalue weighted by atomic mass is 79.9. The maximum Gasteiger partial charge on any atom is 0.124 e. The van der Waals surface area contributed by atoms with Gasteiger partial charge in [0.25, 0.3) is 0 Å². The fourth-order valence-corrected chi connectivity index (χ4v) is 3.29. The van der Waals surface area contributed by atoms with Gasteiger partial charge in [0, 0.05) is 23.0 Å². The van der Waals surface area contributed by atoms with Gasteiger partial charge in [0.2, 0.25) is 0 Å². The van der Waals surface area contributed by atoms with Crippen LogP contribution < -0.4 is 5.32 Å². The first-order valence-corrected chi connectivity index (χ1v) is 7.60. The Morgan fingerprint density at radius 2 is 1.85 bits per heavy atom. The van der Waals surface area contributed by atoms with E-state index in [0.717, 1.165) is 29.5 Å². The predicted molar refractivity (Wildman–Crippen MR) is 83.5 cm³/mol. The van der Waals surface area contributed by atoms with Crippen molar-refractivity contribution in [1.29, 1.82) is 0 Å². The van der Waals surface area contributed by atoms with Crippen LogP contribution in [0.4, 0.5) is 4.39 Å². The lowest BCUT2D eigenvalue weighted by atomic mass is 9.71. The first-order chi connectivity index (χ1) is 9.59. The average Bonchev–Trinajstić information content (AvgIpc) is 2.37. The summed E-state index contributed by atoms with van der Waals surface area (Å²) in [6.45, 7) is 4.05. The SMILES string of the molecule is Cc1ccc(C2(Cc3ccc(F)cc3Br)CNC2)cc1. The van der Waals surface area contributed by atoms with Crippen LogP contribution in [0.3, 0.4) is 0 Å². The van der Waals surface area contributed by atoms with Gasteiger partial charge in [-0.1, -0.05) is 51.8 Å². The van der Waals surface area contributed by atoms with E-state index in [1.54, 1.807) is 6.07 Å². The van der Waals surface area contributed by atoms with Gasteiger partial charge in [-0.05, 0) is 36.6 Å². The summed E-state index contributed by atoms with van der Waals surface area (Å²) in [6, 6.07) is 13.7. The molecular weight excluding hydrogens is 317 g/mol. The molecule has 3 heteroatoms. The van der Waals surface area contributed by atoms with Crippen LogP contribution >= 0.6 is 15.9 Å². The van der Waals surface area contributed by atoms with Gasteiger partial charge < -0.3 is 5.32 Å². The molecule has 0 bridgehead atoms. The van der Waals surface area contributed by atoms with Crippen molar-refractivity contribution in [2.75, 3.05) is 13.1 Å². The maximum absolute atomic E-state index is 13.2. The van der Waals surface area contributed by atoms with Crippen molar-refractivity contribution in [1.82, 2.24) is 5.32 Å². The van der Waals surface area contributed by atoms with Crippen molar-refractivity contribution in [3.63, 3.8) is 0 Å². The Bertz CT molecular complexity index is 617. The monoisotopic (exact) mass is 333 g/mol. The van der Waals surface area contributed by atoms with E-state index in [9.17, 15) is 4.39 Å². The van der Waals surface area contributed by atoms with Crippen LogP contribution in [0.1, 0.15) is 16.7 Å². The van der Waals surface area contributed by atoms with Gasteiger partial charge in [0.1, 0.15) is 5.82 Å². The van der Waals surface area contributed by atoms with E-state index in [1.807, 2.05) is 6.07 Å². The third-order valence-electron chi connectivity index (χ3n) is 4.13. The third kappa shape index (κ3) is 2.52. The molecule has 0 atom stereocenters. The summed E-state index contributed by atoms with van der Waals surface area (Å²) in [7, 11) is 0. The summed E-state index contributed by atoms with van der Waals surface area (Å²) in [5.41, 5.74) is 3.93. The Balaban J connectivity index is 1.91.